The second kappa shape index (κ2) is 10.6. The number of nitrogens with one attached hydrogen (secondary N) is 1. The number of thiophene rings is 1. The van der Waals surface area contributed by atoms with Gasteiger partial charge in [0.15, 0.2) is 0 Å². The molecule has 4 rings (SSSR count). The minimum absolute atomic E-state index is 0.0369. The largest absolute Gasteiger partial charge is 0.481 e. The molecule has 11 nitrogen and oxygen atoms in total. The lowest BCUT2D eigenvalue weighted by Crippen LogP contribution is -2.74. The number of hydrogen-bond acceptors (Lipinski definition) is 9. The first-order valence-corrected chi connectivity index (χ1v) is 12.8. The summed E-state index contributed by atoms with van der Waals surface area (Å²) in [4.78, 5) is 64.1. The Balaban J connectivity index is 1.33. The van der Waals surface area contributed by atoms with Gasteiger partial charge in [-0.15, -0.1) is 23.1 Å². The van der Waals surface area contributed by atoms with Crippen LogP contribution >= 0.6 is 23.1 Å². The molecule has 2 fully saturated rings. The molecule has 13 heteroatoms. The summed E-state index contributed by atoms with van der Waals surface area (Å²) in [5.74, 6) is -1.87. The molecule has 2 aromatic rings. The van der Waals surface area contributed by atoms with Crippen molar-refractivity contribution in [1.82, 2.24) is 10.2 Å². The number of nitrogens with zero attached hydrogens (tertiary/aromatic N) is 2. The first kappa shape index (κ1) is 25.5. The molecule has 4 amide bonds. The zero-order chi connectivity index (χ0) is 25.9. The van der Waals surface area contributed by atoms with Crippen LogP contribution in [-0.2, 0) is 30.5 Å². The fourth-order valence-corrected chi connectivity index (χ4v) is 6.34. The second-order valence-electron chi connectivity index (χ2n) is 8.30. The molecular weight excluding hydrogens is 510 g/mol. The molecule has 1 aromatic heterocycles. The summed E-state index contributed by atoms with van der Waals surface area (Å²) in [6, 6.07) is 11.6. The van der Waals surface area contributed by atoms with Crippen LogP contribution in [0.4, 0.5) is 14.6 Å². The Morgan fingerprint density at radius 3 is 2.50 bits per heavy atom. The number of amides is 4. The van der Waals surface area contributed by atoms with Crippen LogP contribution in [0.2, 0.25) is 0 Å². The van der Waals surface area contributed by atoms with E-state index < -0.39 is 41.6 Å². The number of carbonyl (C=O) groups is 5. The van der Waals surface area contributed by atoms with Crippen molar-refractivity contribution in [2.45, 2.75) is 24.9 Å². The van der Waals surface area contributed by atoms with E-state index in [2.05, 4.69) is 0 Å². The molecule has 0 spiro atoms. The smallest absolute Gasteiger partial charge is 0.416 e. The highest BCUT2D eigenvalue weighted by atomic mass is 32.2. The van der Waals surface area contributed by atoms with Crippen molar-refractivity contribution in [3.05, 3.63) is 53.4 Å². The molecule has 0 aliphatic carbocycles. The summed E-state index contributed by atoms with van der Waals surface area (Å²) < 4.78 is 9.98. The Labute approximate surface area is 214 Å². The van der Waals surface area contributed by atoms with Crippen molar-refractivity contribution in [2.75, 3.05) is 23.8 Å². The number of rotatable bonds is 7. The molecule has 36 heavy (non-hydrogen) atoms. The number of aliphatic carboxylic acids is 1. The minimum atomic E-state index is -1.57. The van der Waals surface area contributed by atoms with Gasteiger partial charge in [0.2, 0.25) is 11.8 Å². The van der Waals surface area contributed by atoms with Crippen LogP contribution in [0.5, 0.6) is 0 Å². The van der Waals surface area contributed by atoms with Crippen molar-refractivity contribution in [1.29, 1.82) is 0 Å². The van der Waals surface area contributed by atoms with Crippen LogP contribution in [0.15, 0.2) is 47.8 Å². The van der Waals surface area contributed by atoms with Gasteiger partial charge in [0.25, 0.3) is 0 Å². The van der Waals surface area contributed by atoms with E-state index in [1.54, 1.807) is 41.8 Å². The summed E-state index contributed by atoms with van der Waals surface area (Å²) >= 11 is 2.54. The molecule has 0 bridgehead atoms. The SMILES string of the molecule is CC(=O)N(c1cccs1)C1C(=O)N2CC(COC(=O)NC(=O)OCc3ccccc3)(C(=O)O)CS[C@H]12. The van der Waals surface area contributed by atoms with E-state index in [0.29, 0.717) is 5.00 Å². The fourth-order valence-electron chi connectivity index (χ4n) is 3.96. The van der Waals surface area contributed by atoms with Gasteiger partial charge in [-0.3, -0.25) is 19.3 Å². The van der Waals surface area contributed by atoms with E-state index in [1.165, 1.54) is 39.8 Å². The van der Waals surface area contributed by atoms with Crippen LogP contribution in [0.1, 0.15) is 12.5 Å². The molecule has 2 unspecified atom stereocenters. The lowest BCUT2D eigenvalue weighted by molar-refractivity contribution is -0.159. The average molecular weight is 534 g/mol. The molecule has 2 saturated heterocycles. The van der Waals surface area contributed by atoms with E-state index in [1.807, 2.05) is 11.4 Å². The Morgan fingerprint density at radius 2 is 1.86 bits per heavy atom. The number of hydrogen-bond donors (Lipinski definition) is 2. The van der Waals surface area contributed by atoms with Gasteiger partial charge in [0.05, 0.1) is 5.00 Å². The number of carbonyl (C=O) groups excluding carboxylic acids is 4. The van der Waals surface area contributed by atoms with Crippen LogP contribution in [0.3, 0.4) is 0 Å². The zero-order valence-corrected chi connectivity index (χ0v) is 20.8. The fraction of sp³-hybridized carbons (Fsp3) is 0.348. The van der Waals surface area contributed by atoms with Gasteiger partial charge in [0, 0.05) is 19.2 Å². The number of alkyl carbamates (subject to hydrolysis) is 2. The quantitative estimate of drug-likeness (QED) is 0.513. The molecule has 0 radical (unpaired) electrons. The van der Waals surface area contributed by atoms with E-state index in [9.17, 15) is 29.1 Å². The Hall–Kier alpha value is -3.58. The van der Waals surface area contributed by atoms with Crippen LogP contribution in [0.25, 0.3) is 0 Å². The van der Waals surface area contributed by atoms with Crippen molar-refractivity contribution in [3.8, 4) is 0 Å². The number of thioether (sulfide) groups is 1. The Morgan fingerprint density at radius 1 is 1.14 bits per heavy atom. The van der Waals surface area contributed by atoms with E-state index in [4.69, 9.17) is 9.47 Å². The molecular formula is C23H23N3O8S2. The van der Waals surface area contributed by atoms with E-state index in [-0.39, 0.29) is 30.7 Å². The van der Waals surface area contributed by atoms with Gasteiger partial charge < -0.3 is 19.5 Å². The molecule has 2 aliphatic rings. The maximum atomic E-state index is 13.0. The van der Waals surface area contributed by atoms with Gasteiger partial charge >= 0.3 is 18.2 Å². The first-order valence-electron chi connectivity index (χ1n) is 10.8. The lowest BCUT2D eigenvalue weighted by Gasteiger charge is -2.55. The van der Waals surface area contributed by atoms with Crippen molar-refractivity contribution in [3.63, 3.8) is 0 Å². The predicted molar refractivity (Wildman–Crippen MR) is 130 cm³/mol. The number of β-lactam (4-membered cyclic amide) rings is 1. The summed E-state index contributed by atoms with van der Waals surface area (Å²) in [5, 5.41) is 13.8. The standard InChI is InChI=1S/C23H23N3O8S2/c1-14(27)26(16-8-5-9-35-16)17-18(28)25-11-23(20(29)30,13-36-19(17)25)12-34-22(32)24-21(31)33-10-15-6-3-2-4-7-15/h2-9,17,19H,10-13H2,1H3,(H,29,30)(H,24,31,32)/t17?,19-,23?/m1/s1. The summed E-state index contributed by atoms with van der Waals surface area (Å²) in [6.07, 6.45) is -2.20. The molecule has 1 aromatic carbocycles. The third kappa shape index (κ3) is 5.16. The lowest BCUT2D eigenvalue weighted by atomic mass is 9.88. The molecule has 3 heterocycles. The maximum Gasteiger partial charge on any atom is 0.416 e. The zero-order valence-electron chi connectivity index (χ0n) is 19.1. The molecule has 0 saturated carbocycles. The number of fused-ring (bicyclic) bond motifs is 1. The summed E-state index contributed by atoms with van der Waals surface area (Å²) in [5.41, 5.74) is -0.851. The number of benzene rings is 1. The average Bonchev–Trinajstić information content (AvgIpc) is 3.39. The van der Waals surface area contributed by atoms with E-state index >= 15 is 0 Å². The highest BCUT2D eigenvalue weighted by Gasteiger charge is 2.60. The molecule has 190 valence electrons. The van der Waals surface area contributed by atoms with Crippen LogP contribution in [-0.4, -0.2) is 70.3 Å². The van der Waals surface area contributed by atoms with Gasteiger partial charge in [-0.1, -0.05) is 30.3 Å². The third-order valence-electron chi connectivity index (χ3n) is 5.83. The number of anilines is 1. The summed E-state index contributed by atoms with van der Waals surface area (Å²) in [6.45, 7) is 0.562. The first-order chi connectivity index (χ1) is 17.2. The van der Waals surface area contributed by atoms with Gasteiger partial charge in [-0.05, 0) is 23.1 Å². The van der Waals surface area contributed by atoms with Crippen molar-refractivity contribution >= 4 is 58.1 Å². The van der Waals surface area contributed by atoms with Crippen LogP contribution in [0, 0.1) is 5.41 Å². The number of carboxylic acids is 1. The van der Waals surface area contributed by atoms with Crippen molar-refractivity contribution < 1.29 is 38.6 Å². The summed E-state index contributed by atoms with van der Waals surface area (Å²) in [7, 11) is 0. The van der Waals surface area contributed by atoms with Gasteiger partial charge in [0.1, 0.15) is 30.0 Å². The molecule has 2 aliphatic heterocycles. The molecule has 2 N–H and O–H groups in total. The second-order valence-corrected chi connectivity index (χ2v) is 10.3. The topological polar surface area (TPSA) is 143 Å². The minimum Gasteiger partial charge on any atom is -0.481 e. The van der Waals surface area contributed by atoms with Gasteiger partial charge in [-0.25, -0.2) is 14.9 Å². The van der Waals surface area contributed by atoms with Crippen LogP contribution < -0.4 is 10.2 Å². The monoisotopic (exact) mass is 533 g/mol. The predicted octanol–water partition coefficient (Wildman–Crippen LogP) is 2.52. The Bertz CT molecular complexity index is 1160. The van der Waals surface area contributed by atoms with E-state index in [0.717, 1.165) is 5.56 Å². The Kier molecular flexibility index (Phi) is 7.50. The third-order valence-corrected chi connectivity index (χ3v) is 8.27. The van der Waals surface area contributed by atoms with Gasteiger partial charge in [-0.2, -0.15) is 0 Å². The highest BCUT2D eigenvalue weighted by Crippen LogP contribution is 2.45. The van der Waals surface area contributed by atoms with Crippen molar-refractivity contribution in [2.24, 2.45) is 5.41 Å². The number of ether oxygens (including phenoxy) is 2. The maximum absolute atomic E-state index is 13.0. The normalized spacial score (nSPS) is 22.6. The molecule has 3 atom stereocenters. The number of imide groups is 1. The highest BCUT2D eigenvalue weighted by molar-refractivity contribution is 8.00. The number of carboxylic acid groups (broad SMARTS) is 1.